The van der Waals surface area contributed by atoms with Gasteiger partial charge in [0, 0.05) is 44.5 Å². The Labute approximate surface area is 123 Å². The highest BCUT2D eigenvalue weighted by atomic mass is 15.3. The summed E-state index contributed by atoms with van der Waals surface area (Å²) in [5.74, 6) is 0.848. The maximum absolute atomic E-state index is 3.57. The summed E-state index contributed by atoms with van der Waals surface area (Å²) >= 11 is 0. The third kappa shape index (κ3) is 2.84. The molecule has 2 unspecified atom stereocenters. The Kier molecular flexibility index (Phi) is 4.27. The van der Waals surface area contributed by atoms with E-state index in [1.807, 2.05) is 0 Å². The zero-order valence-electron chi connectivity index (χ0n) is 12.8. The molecule has 0 radical (unpaired) electrons. The van der Waals surface area contributed by atoms with Gasteiger partial charge in [-0.05, 0) is 37.1 Å². The highest BCUT2D eigenvalue weighted by molar-refractivity contribution is 5.48. The number of anilines is 1. The van der Waals surface area contributed by atoms with E-state index in [0.29, 0.717) is 0 Å². The molecule has 1 aromatic rings. The van der Waals surface area contributed by atoms with E-state index in [-0.39, 0.29) is 0 Å². The lowest BCUT2D eigenvalue weighted by Gasteiger charge is -2.40. The van der Waals surface area contributed by atoms with E-state index in [9.17, 15) is 0 Å². The van der Waals surface area contributed by atoms with Crippen molar-refractivity contribution in [3.8, 4) is 0 Å². The van der Waals surface area contributed by atoms with Crippen LogP contribution < -0.4 is 10.2 Å². The van der Waals surface area contributed by atoms with E-state index >= 15 is 0 Å². The molecule has 2 saturated heterocycles. The van der Waals surface area contributed by atoms with Crippen LogP contribution in [0.1, 0.15) is 18.9 Å². The van der Waals surface area contributed by atoms with Gasteiger partial charge in [-0.25, -0.2) is 0 Å². The molecule has 2 aliphatic rings. The topological polar surface area (TPSA) is 18.5 Å². The second-order valence-corrected chi connectivity index (χ2v) is 6.26. The molecule has 2 atom stereocenters. The number of nitrogens with zero attached hydrogens (tertiary/aromatic N) is 2. The van der Waals surface area contributed by atoms with E-state index in [1.165, 1.54) is 43.9 Å². The molecule has 20 heavy (non-hydrogen) atoms. The van der Waals surface area contributed by atoms with Gasteiger partial charge >= 0.3 is 0 Å². The number of aryl methyl sites for hydroxylation is 1. The molecule has 110 valence electrons. The molecule has 3 heteroatoms. The van der Waals surface area contributed by atoms with E-state index < -0.39 is 0 Å². The van der Waals surface area contributed by atoms with Crippen molar-refractivity contribution in [2.75, 3.05) is 44.2 Å². The average molecular weight is 273 g/mol. The van der Waals surface area contributed by atoms with Crippen molar-refractivity contribution >= 4 is 5.69 Å². The Morgan fingerprint density at radius 1 is 1.15 bits per heavy atom. The van der Waals surface area contributed by atoms with Crippen LogP contribution in [0, 0.1) is 12.8 Å². The normalized spacial score (nSPS) is 28.0. The second kappa shape index (κ2) is 6.15. The largest absolute Gasteiger partial charge is 0.369 e. The molecule has 3 nitrogen and oxygen atoms in total. The fourth-order valence-electron chi connectivity index (χ4n) is 3.70. The molecule has 2 heterocycles. The van der Waals surface area contributed by atoms with Crippen molar-refractivity contribution in [3.63, 3.8) is 0 Å². The van der Waals surface area contributed by atoms with Crippen molar-refractivity contribution in [2.45, 2.75) is 26.3 Å². The summed E-state index contributed by atoms with van der Waals surface area (Å²) in [6.45, 7) is 11.6. The minimum absolute atomic E-state index is 0.764. The molecule has 1 aromatic carbocycles. The maximum atomic E-state index is 3.57. The Bertz CT molecular complexity index is 438. The quantitative estimate of drug-likeness (QED) is 0.910. The van der Waals surface area contributed by atoms with Gasteiger partial charge in [-0.15, -0.1) is 0 Å². The Morgan fingerprint density at radius 3 is 2.65 bits per heavy atom. The molecule has 1 N–H and O–H groups in total. The van der Waals surface area contributed by atoms with Gasteiger partial charge in [0.25, 0.3) is 0 Å². The van der Waals surface area contributed by atoms with Crippen molar-refractivity contribution in [1.29, 1.82) is 0 Å². The molecule has 0 aliphatic carbocycles. The molecule has 0 aromatic heterocycles. The summed E-state index contributed by atoms with van der Waals surface area (Å²) in [5, 5.41) is 3.57. The third-order valence-electron chi connectivity index (χ3n) is 4.98. The molecule has 2 fully saturated rings. The van der Waals surface area contributed by atoms with Crippen molar-refractivity contribution in [1.82, 2.24) is 10.2 Å². The molecule has 2 aliphatic heterocycles. The van der Waals surface area contributed by atoms with Gasteiger partial charge < -0.3 is 10.2 Å². The minimum atomic E-state index is 0.764. The smallest absolute Gasteiger partial charge is 0.0369 e. The van der Waals surface area contributed by atoms with Crippen LogP contribution >= 0.6 is 0 Å². The second-order valence-electron chi connectivity index (χ2n) is 6.26. The van der Waals surface area contributed by atoms with Crippen LogP contribution in [0.4, 0.5) is 5.69 Å². The van der Waals surface area contributed by atoms with Crippen molar-refractivity contribution in [3.05, 3.63) is 29.8 Å². The lowest BCUT2D eigenvalue weighted by Crippen LogP contribution is -2.52. The zero-order chi connectivity index (χ0) is 13.9. The van der Waals surface area contributed by atoms with Gasteiger partial charge in [-0.3, -0.25) is 4.90 Å². The zero-order valence-corrected chi connectivity index (χ0v) is 12.8. The Morgan fingerprint density at radius 2 is 1.95 bits per heavy atom. The van der Waals surface area contributed by atoms with Gasteiger partial charge in [0.15, 0.2) is 0 Å². The van der Waals surface area contributed by atoms with Gasteiger partial charge in [0.05, 0.1) is 0 Å². The number of hydrogen-bond acceptors (Lipinski definition) is 3. The maximum Gasteiger partial charge on any atom is 0.0369 e. The van der Waals surface area contributed by atoms with Gasteiger partial charge in [0.2, 0.25) is 0 Å². The standard InChI is InChI=1S/C17H27N3/c1-3-15-12-18-13-17(15)20-9-7-19(8-10-20)16-6-4-5-14(2)11-16/h4-6,11,15,17-18H,3,7-10,12-13H2,1-2H3. The number of benzene rings is 1. The van der Waals surface area contributed by atoms with E-state index in [4.69, 9.17) is 0 Å². The van der Waals surface area contributed by atoms with Gasteiger partial charge in [0.1, 0.15) is 0 Å². The van der Waals surface area contributed by atoms with Crippen LogP contribution in [-0.4, -0.2) is 50.2 Å². The van der Waals surface area contributed by atoms with E-state index in [1.54, 1.807) is 0 Å². The molecule has 0 spiro atoms. The molecule has 0 bridgehead atoms. The first-order valence-corrected chi connectivity index (χ1v) is 8.04. The molecule has 0 amide bonds. The summed E-state index contributed by atoms with van der Waals surface area (Å²) in [7, 11) is 0. The lowest BCUT2D eigenvalue weighted by molar-refractivity contribution is 0.160. The van der Waals surface area contributed by atoms with E-state index in [2.05, 4.69) is 53.2 Å². The van der Waals surface area contributed by atoms with Gasteiger partial charge in [-0.1, -0.05) is 25.5 Å². The number of piperazine rings is 1. The molecule has 3 rings (SSSR count). The summed E-state index contributed by atoms with van der Waals surface area (Å²) in [6, 6.07) is 9.66. The highest BCUT2D eigenvalue weighted by Gasteiger charge is 2.32. The van der Waals surface area contributed by atoms with Crippen LogP contribution in [0.5, 0.6) is 0 Å². The average Bonchev–Trinajstić information content (AvgIpc) is 2.96. The van der Waals surface area contributed by atoms with E-state index in [0.717, 1.165) is 25.0 Å². The van der Waals surface area contributed by atoms with Crippen LogP contribution in [0.25, 0.3) is 0 Å². The molecular weight excluding hydrogens is 246 g/mol. The summed E-state index contributed by atoms with van der Waals surface area (Å²) < 4.78 is 0. The minimum Gasteiger partial charge on any atom is -0.369 e. The number of nitrogens with one attached hydrogen (secondary N) is 1. The van der Waals surface area contributed by atoms with Crippen LogP contribution in [0.3, 0.4) is 0 Å². The molecule has 0 saturated carbocycles. The SMILES string of the molecule is CCC1CNCC1N1CCN(c2cccc(C)c2)CC1. The summed E-state index contributed by atoms with van der Waals surface area (Å²) in [5.41, 5.74) is 2.75. The highest BCUT2D eigenvalue weighted by Crippen LogP contribution is 2.23. The lowest BCUT2D eigenvalue weighted by atomic mass is 9.98. The Balaban J connectivity index is 1.59. The van der Waals surface area contributed by atoms with Crippen molar-refractivity contribution < 1.29 is 0 Å². The first kappa shape index (κ1) is 13.9. The van der Waals surface area contributed by atoms with Crippen LogP contribution in [0.15, 0.2) is 24.3 Å². The molecular formula is C17H27N3. The predicted octanol–water partition coefficient (Wildman–Crippen LogP) is 2.12. The van der Waals surface area contributed by atoms with Crippen LogP contribution in [0.2, 0.25) is 0 Å². The Hall–Kier alpha value is -1.06. The summed E-state index contributed by atoms with van der Waals surface area (Å²) in [6.07, 6.45) is 1.30. The first-order chi connectivity index (χ1) is 9.78. The van der Waals surface area contributed by atoms with Crippen LogP contribution in [-0.2, 0) is 0 Å². The number of hydrogen-bond donors (Lipinski definition) is 1. The van der Waals surface area contributed by atoms with Gasteiger partial charge in [-0.2, -0.15) is 0 Å². The third-order valence-corrected chi connectivity index (χ3v) is 4.98. The number of rotatable bonds is 3. The monoisotopic (exact) mass is 273 g/mol. The fraction of sp³-hybridized carbons (Fsp3) is 0.647. The predicted molar refractivity (Wildman–Crippen MR) is 85.4 cm³/mol. The van der Waals surface area contributed by atoms with Crippen molar-refractivity contribution in [2.24, 2.45) is 5.92 Å². The first-order valence-electron chi connectivity index (χ1n) is 8.04. The fourth-order valence-corrected chi connectivity index (χ4v) is 3.70. The summed E-state index contributed by atoms with van der Waals surface area (Å²) in [4.78, 5) is 5.24.